The Morgan fingerprint density at radius 1 is 1.16 bits per heavy atom. The van der Waals surface area contributed by atoms with E-state index >= 15 is 0 Å². The van der Waals surface area contributed by atoms with Gasteiger partial charge in [0.05, 0.1) is 6.54 Å². The van der Waals surface area contributed by atoms with Crippen LogP contribution in [0.5, 0.6) is 5.75 Å². The number of hydrogen-bond acceptors (Lipinski definition) is 3. The molecule has 1 aromatic carbocycles. The summed E-state index contributed by atoms with van der Waals surface area (Å²) < 4.78 is 18.6. The summed E-state index contributed by atoms with van der Waals surface area (Å²) in [6, 6.07) is 5.90. The number of ether oxygens (including phenoxy) is 1. The van der Waals surface area contributed by atoms with Gasteiger partial charge in [0.1, 0.15) is 24.2 Å². The second-order valence-corrected chi connectivity index (χ2v) is 6.49. The first-order chi connectivity index (χ1) is 11.8. The van der Waals surface area contributed by atoms with Gasteiger partial charge in [-0.15, -0.1) is 0 Å². The highest BCUT2D eigenvalue weighted by atomic mass is 19.1. The molecule has 0 spiro atoms. The molecule has 0 bridgehead atoms. The molecule has 0 saturated heterocycles. The largest absolute Gasteiger partial charge is 0.489 e. The molecule has 6 nitrogen and oxygen atoms in total. The average Bonchev–Trinajstić information content (AvgIpc) is 2.55. The van der Waals surface area contributed by atoms with E-state index in [1.165, 1.54) is 17.0 Å². The highest BCUT2D eigenvalue weighted by Crippen LogP contribution is 2.12. The number of aliphatic imine (C=N–C) groups is 1. The molecule has 140 valence electrons. The molecule has 1 rings (SSSR count). The van der Waals surface area contributed by atoms with Crippen LogP contribution in [-0.4, -0.2) is 56.6 Å². The van der Waals surface area contributed by atoms with Gasteiger partial charge in [0, 0.05) is 20.6 Å². The van der Waals surface area contributed by atoms with E-state index in [4.69, 9.17) is 4.74 Å². The molecule has 1 amide bonds. The molecule has 0 saturated carbocycles. The van der Waals surface area contributed by atoms with E-state index in [9.17, 15) is 9.18 Å². The lowest BCUT2D eigenvalue weighted by Gasteiger charge is -2.19. The third kappa shape index (κ3) is 8.93. The highest BCUT2D eigenvalue weighted by Gasteiger charge is 2.08. The second kappa shape index (κ2) is 10.5. The van der Waals surface area contributed by atoms with Gasteiger partial charge in [-0.05, 0) is 37.1 Å². The third-order valence-corrected chi connectivity index (χ3v) is 3.26. The monoisotopic (exact) mass is 352 g/mol. The van der Waals surface area contributed by atoms with Gasteiger partial charge in [-0.2, -0.15) is 0 Å². The number of nitrogens with one attached hydrogen (secondary N) is 2. The van der Waals surface area contributed by atoms with Crippen molar-refractivity contribution in [2.24, 2.45) is 10.9 Å². The van der Waals surface area contributed by atoms with Crippen molar-refractivity contribution in [2.45, 2.75) is 26.9 Å². The zero-order chi connectivity index (χ0) is 18.8. The van der Waals surface area contributed by atoms with Crippen molar-refractivity contribution in [3.05, 3.63) is 30.1 Å². The summed E-state index contributed by atoms with van der Waals surface area (Å²) in [7, 11) is 3.40. The molecule has 1 unspecified atom stereocenters. The molecule has 0 aromatic heterocycles. The zero-order valence-electron chi connectivity index (χ0n) is 15.7. The van der Waals surface area contributed by atoms with Crippen molar-refractivity contribution in [1.82, 2.24) is 15.5 Å². The van der Waals surface area contributed by atoms with Crippen LogP contribution >= 0.6 is 0 Å². The van der Waals surface area contributed by atoms with E-state index in [2.05, 4.69) is 29.5 Å². The molecule has 0 aliphatic heterocycles. The molecule has 0 aliphatic carbocycles. The van der Waals surface area contributed by atoms with Gasteiger partial charge in [0.25, 0.3) is 0 Å². The summed E-state index contributed by atoms with van der Waals surface area (Å²) in [6.07, 6.45) is -0.152. The summed E-state index contributed by atoms with van der Waals surface area (Å²) >= 11 is 0. The van der Waals surface area contributed by atoms with Crippen molar-refractivity contribution in [3.63, 3.8) is 0 Å². The topological polar surface area (TPSA) is 66.0 Å². The number of likely N-dealkylation sites (N-methyl/N-ethyl adjacent to an activating group) is 1. The first-order valence-corrected chi connectivity index (χ1v) is 8.42. The number of amides is 1. The van der Waals surface area contributed by atoms with Gasteiger partial charge < -0.3 is 20.3 Å². The standard InChI is InChI=1S/C18H29FN4O2/c1-13(2)10-20-18(22-12-17(24)23(4)5)21-11-14(3)25-16-8-6-15(19)7-9-16/h6-9,13-14H,10-12H2,1-5H3,(H2,20,21,22). The van der Waals surface area contributed by atoms with Gasteiger partial charge in [0.2, 0.25) is 5.91 Å². The predicted molar refractivity (Wildman–Crippen MR) is 98.3 cm³/mol. The van der Waals surface area contributed by atoms with Crippen molar-refractivity contribution in [1.29, 1.82) is 0 Å². The van der Waals surface area contributed by atoms with Crippen LogP contribution in [0.15, 0.2) is 29.3 Å². The fraction of sp³-hybridized carbons (Fsp3) is 0.556. The molecule has 0 fully saturated rings. The smallest absolute Gasteiger partial charge is 0.243 e. The number of hydrogen-bond donors (Lipinski definition) is 2. The minimum absolute atomic E-state index is 0.0683. The fourth-order valence-electron chi connectivity index (χ4n) is 1.79. The number of benzene rings is 1. The van der Waals surface area contributed by atoms with Gasteiger partial charge in [-0.3, -0.25) is 4.79 Å². The summed E-state index contributed by atoms with van der Waals surface area (Å²) in [4.78, 5) is 17.5. The van der Waals surface area contributed by atoms with Crippen LogP contribution in [0, 0.1) is 11.7 Å². The van der Waals surface area contributed by atoms with Crippen molar-refractivity contribution < 1.29 is 13.9 Å². The Morgan fingerprint density at radius 2 is 1.76 bits per heavy atom. The Kier molecular flexibility index (Phi) is 8.74. The molecule has 7 heteroatoms. The van der Waals surface area contributed by atoms with Gasteiger partial charge >= 0.3 is 0 Å². The first kappa shape index (κ1) is 20.7. The minimum Gasteiger partial charge on any atom is -0.489 e. The lowest BCUT2D eigenvalue weighted by atomic mass is 10.2. The average molecular weight is 352 g/mol. The Hall–Kier alpha value is -2.31. The van der Waals surface area contributed by atoms with E-state index in [1.807, 2.05) is 6.92 Å². The van der Waals surface area contributed by atoms with Crippen LogP contribution in [0.1, 0.15) is 20.8 Å². The number of rotatable bonds is 8. The molecule has 1 atom stereocenters. The van der Waals surface area contributed by atoms with E-state index in [0.29, 0.717) is 24.2 Å². The number of nitrogens with zero attached hydrogens (tertiary/aromatic N) is 2. The van der Waals surface area contributed by atoms with Crippen LogP contribution in [0.25, 0.3) is 0 Å². The SMILES string of the molecule is CC(C)CNC(=NCC(=O)N(C)C)NCC(C)Oc1ccc(F)cc1. The molecule has 0 radical (unpaired) electrons. The maximum absolute atomic E-state index is 12.9. The van der Waals surface area contributed by atoms with Crippen molar-refractivity contribution in [2.75, 3.05) is 33.7 Å². The minimum atomic E-state index is -0.295. The molecule has 2 N–H and O–H groups in total. The summed E-state index contributed by atoms with van der Waals surface area (Å²) in [5.74, 6) is 1.26. The Balaban J connectivity index is 2.55. The van der Waals surface area contributed by atoms with Crippen LogP contribution in [0.2, 0.25) is 0 Å². The maximum atomic E-state index is 12.9. The summed E-state index contributed by atoms with van der Waals surface area (Å²) in [5.41, 5.74) is 0. The first-order valence-electron chi connectivity index (χ1n) is 8.42. The number of guanidine groups is 1. The molecule has 0 heterocycles. The maximum Gasteiger partial charge on any atom is 0.243 e. The van der Waals surface area contributed by atoms with Gasteiger partial charge in [0.15, 0.2) is 5.96 Å². The number of halogens is 1. The van der Waals surface area contributed by atoms with Crippen molar-refractivity contribution in [3.8, 4) is 5.75 Å². The molecular weight excluding hydrogens is 323 g/mol. The van der Waals surface area contributed by atoms with Crippen molar-refractivity contribution >= 4 is 11.9 Å². The normalized spacial score (nSPS) is 12.7. The predicted octanol–water partition coefficient (Wildman–Crippen LogP) is 1.87. The Morgan fingerprint density at radius 3 is 2.32 bits per heavy atom. The highest BCUT2D eigenvalue weighted by molar-refractivity contribution is 5.84. The van der Waals surface area contributed by atoms with Crippen LogP contribution in [-0.2, 0) is 4.79 Å². The van der Waals surface area contributed by atoms with Crippen LogP contribution in [0.4, 0.5) is 4.39 Å². The van der Waals surface area contributed by atoms with E-state index in [-0.39, 0.29) is 24.4 Å². The van der Waals surface area contributed by atoms with Gasteiger partial charge in [-0.25, -0.2) is 9.38 Å². The van der Waals surface area contributed by atoms with E-state index in [1.54, 1.807) is 26.2 Å². The lowest BCUT2D eigenvalue weighted by Crippen LogP contribution is -2.43. The Bertz CT molecular complexity index is 559. The number of carbonyl (C=O) groups excluding carboxylic acids is 1. The quantitative estimate of drug-likeness (QED) is 0.554. The summed E-state index contributed by atoms with van der Waals surface area (Å²) in [6.45, 7) is 7.41. The molecular formula is C18H29FN4O2. The molecule has 0 aliphatic rings. The number of carbonyl (C=O) groups is 1. The van der Waals surface area contributed by atoms with E-state index in [0.717, 1.165) is 6.54 Å². The van der Waals surface area contributed by atoms with E-state index < -0.39 is 0 Å². The van der Waals surface area contributed by atoms with Crippen LogP contribution < -0.4 is 15.4 Å². The Labute approximate surface area is 149 Å². The molecule has 25 heavy (non-hydrogen) atoms. The van der Waals surface area contributed by atoms with Gasteiger partial charge in [-0.1, -0.05) is 13.8 Å². The molecule has 1 aromatic rings. The van der Waals surface area contributed by atoms with Crippen LogP contribution in [0.3, 0.4) is 0 Å². The summed E-state index contributed by atoms with van der Waals surface area (Å²) in [5, 5.41) is 6.37. The fourth-order valence-corrected chi connectivity index (χ4v) is 1.79. The second-order valence-electron chi connectivity index (χ2n) is 6.49. The zero-order valence-corrected chi connectivity index (χ0v) is 15.7. The third-order valence-electron chi connectivity index (χ3n) is 3.26. The lowest BCUT2D eigenvalue weighted by molar-refractivity contribution is -0.127.